The van der Waals surface area contributed by atoms with Crippen LogP contribution in [-0.2, 0) is 14.4 Å². The SMILES string of the molecule is CNC(=O)c1ccccc1Sc1ccc2c(/C=C/c3ccccn3)nn(C(=O)N(C)CC(=O)N[C@H]3CC[C@H](C(=O)NCCCCCC(=O)Oc4c(F)c(F)c(F)c(F)c4F)CC3)c2c1. The summed E-state index contributed by atoms with van der Waals surface area (Å²) in [6, 6.07) is 17.5. The molecular weight excluding hydrogens is 862 g/mol. The molecule has 64 heavy (non-hydrogen) atoms. The average Bonchev–Trinajstić information content (AvgIpc) is 3.67. The van der Waals surface area contributed by atoms with Crippen molar-refractivity contribution < 1.29 is 50.7 Å². The van der Waals surface area contributed by atoms with Gasteiger partial charge in [-0.3, -0.25) is 24.2 Å². The molecule has 336 valence electrons. The van der Waals surface area contributed by atoms with Gasteiger partial charge in [-0.05, 0) is 93.1 Å². The summed E-state index contributed by atoms with van der Waals surface area (Å²) in [5.41, 5.74) is 2.20. The number of fused-ring (bicyclic) bond motifs is 1. The lowest BCUT2D eigenvalue weighted by Gasteiger charge is -2.29. The Balaban J connectivity index is 0.979. The van der Waals surface area contributed by atoms with Crippen LogP contribution in [0, 0.1) is 35.0 Å². The molecule has 1 fully saturated rings. The van der Waals surface area contributed by atoms with E-state index in [1.54, 1.807) is 43.6 Å². The van der Waals surface area contributed by atoms with Crippen LogP contribution in [0.1, 0.15) is 73.1 Å². The first-order chi connectivity index (χ1) is 30.7. The summed E-state index contributed by atoms with van der Waals surface area (Å²) in [5, 5.41) is 13.8. The van der Waals surface area contributed by atoms with E-state index in [1.807, 2.05) is 42.5 Å². The number of hydrogen-bond donors (Lipinski definition) is 3. The molecule has 2 aromatic heterocycles. The zero-order chi connectivity index (χ0) is 45.9. The number of hydrogen-bond acceptors (Lipinski definition) is 9. The van der Waals surface area contributed by atoms with E-state index >= 15 is 0 Å². The summed E-state index contributed by atoms with van der Waals surface area (Å²) >= 11 is 1.36. The van der Waals surface area contributed by atoms with Crippen LogP contribution in [0.2, 0.25) is 0 Å². The van der Waals surface area contributed by atoms with Gasteiger partial charge in [-0.25, -0.2) is 18.0 Å². The minimum absolute atomic E-state index is 0.168. The van der Waals surface area contributed by atoms with E-state index in [2.05, 4.69) is 30.8 Å². The molecule has 0 unspecified atom stereocenters. The predicted octanol–water partition coefficient (Wildman–Crippen LogP) is 7.67. The number of esters is 1. The highest BCUT2D eigenvalue weighted by molar-refractivity contribution is 7.99. The van der Waals surface area contributed by atoms with Crippen LogP contribution in [0.25, 0.3) is 23.1 Å². The van der Waals surface area contributed by atoms with E-state index < -0.39 is 46.8 Å². The van der Waals surface area contributed by atoms with Crippen molar-refractivity contribution in [2.24, 2.45) is 5.92 Å². The molecule has 0 saturated heterocycles. The van der Waals surface area contributed by atoms with E-state index in [0.29, 0.717) is 66.4 Å². The number of carbonyl (C=O) groups excluding carboxylic acids is 5. The average molecular weight is 906 g/mol. The van der Waals surface area contributed by atoms with Crippen LogP contribution in [-0.4, -0.2) is 82.6 Å². The Bertz CT molecular complexity index is 2540. The zero-order valence-corrected chi connectivity index (χ0v) is 35.6. The molecule has 0 spiro atoms. The standard InChI is InChI=1S/C45H44F5N7O6S/c1-51-44(61)31-11-5-6-12-34(31)64-29-19-20-30-32(21-18-27-10-7-9-22-52-27)55-57(33(30)24-29)45(62)56(2)25-35(58)54-28-16-14-26(15-17-28)43(60)53-23-8-3-4-13-36(59)63-42-40(49)38(47)37(46)39(48)41(42)50/h5-7,9-12,18-22,24,26,28H,3-4,8,13-17,23,25H2,1-2H3,(H,51,61)(H,53,60)(H,54,58)/b21-18+/t26-,28-. The molecule has 1 aliphatic carbocycles. The lowest BCUT2D eigenvalue weighted by atomic mass is 9.85. The van der Waals surface area contributed by atoms with Gasteiger partial charge in [0.05, 0.1) is 22.5 Å². The molecular formula is C45H44F5N7O6S. The number of nitrogens with one attached hydrogen (secondary N) is 3. The summed E-state index contributed by atoms with van der Waals surface area (Å²) in [6.07, 6.45) is 7.98. The van der Waals surface area contributed by atoms with Crippen LogP contribution in [0.4, 0.5) is 26.7 Å². The third-order valence-electron chi connectivity index (χ3n) is 10.5. The third-order valence-corrected chi connectivity index (χ3v) is 11.5. The quantitative estimate of drug-likeness (QED) is 0.0225. The second kappa shape index (κ2) is 21.6. The highest BCUT2D eigenvalue weighted by Gasteiger charge is 2.30. The van der Waals surface area contributed by atoms with E-state index in [1.165, 1.54) is 28.4 Å². The topological polar surface area (TPSA) is 165 Å². The fourth-order valence-corrected chi connectivity index (χ4v) is 8.06. The Morgan fingerprint density at radius 1 is 0.859 bits per heavy atom. The number of ether oxygens (including phenoxy) is 1. The Morgan fingerprint density at radius 3 is 2.27 bits per heavy atom. The van der Waals surface area contributed by atoms with Crippen molar-refractivity contribution in [1.29, 1.82) is 0 Å². The summed E-state index contributed by atoms with van der Waals surface area (Å²) in [7, 11) is 3.07. The Hall–Kier alpha value is -6.63. The maximum absolute atomic E-state index is 14.0. The van der Waals surface area contributed by atoms with E-state index in [4.69, 9.17) is 0 Å². The molecule has 13 nitrogen and oxygen atoms in total. The number of likely N-dealkylation sites (N-methyl/N-ethyl adjacent to an activating group) is 1. The summed E-state index contributed by atoms with van der Waals surface area (Å²) < 4.78 is 73.2. The first-order valence-corrected chi connectivity index (χ1v) is 21.2. The van der Waals surface area contributed by atoms with E-state index in [0.717, 1.165) is 9.79 Å². The minimum atomic E-state index is -2.36. The number of halogens is 5. The summed E-state index contributed by atoms with van der Waals surface area (Å²) in [6.45, 7) is 0.0182. The molecule has 2 heterocycles. The number of nitrogens with zero attached hydrogens (tertiary/aromatic N) is 4. The molecule has 0 atom stereocenters. The Kier molecular flexibility index (Phi) is 15.8. The number of aromatic nitrogens is 3. The highest BCUT2D eigenvalue weighted by atomic mass is 32.2. The van der Waals surface area contributed by atoms with Gasteiger partial charge in [0.1, 0.15) is 6.54 Å². The molecule has 5 aromatic rings. The van der Waals surface area contributed by atoms with Gasteiger partial charge in [-0.15, -0.1) is 0 Å². The van der Waals surface area contributed by atoms with Gasteiger partial charge < -0.3 is 25.6 Å². The van der Waals surface area contributed by atoms with Crippen molar-refractivity contribution in [1.82, 2.24) is 35.6 Å². The van der Waals surface area contributed by atoms with Crippen molar-refractivity contribution in [2.45, 2.75) is 67.2 Å². The maximum atomic E-state index is 14.0. The Labute approximate surface area is 368 Å². The van der Waals surface area contributed by atoms with Gasteiger partial charge in [0.25, 0.3) is 5.91 Å². The second-order valence-electron chi connectivity index (χ2n) is 15.0. The van der Waals surface area contributed by atoms with Crippen LogP contribution < -0.4 is 20.7 Å². The smallest absolute Gasteiger partial charge is 0.345 e. The number of benzene rings is 3. The number of unbranched alkanes of at least 4 members (excludes halogenated alkanes) is 2. The molecule has 1 aliphatic rings. The fraction of sp³-hybridized carbons (Fsp3) is 0.311. The first-order valence-electron chi connectivity index (χ1n) is 20.4. The molecule has 6 rings (SSSR count). The Morgan fingerprint density at radius 2 is 1.56 bits per heavy atom. The molecule has 4 amide bonds. The van der Waals surface area contributed by atoms with Crippen molar-refractivity contribution in [3.05, 3.63) is 113 Å². The fourth-order valence-electron chi connectivity index (χ4n) is 7.08. The van der Waals surface area contributed by atoms with Gasteiger partial charge in [-0.2, -0.15) is 18.6 Å². The second-order valence-corrected chi connectivity index (χ2v) is 16.1. The molecule has 0 bridgehead atoms. The summed E-state index contributed by atoms with van der Waals surface area (Å²) in [5.74, 6) is -15.2. The van der Waals surface area contributed by atoms with Gasteiger partial charge in [0.2, 0.25) is 46.6 Å². The monoisotopic (exact) mass is 905 g/mol. The summed E-state index contributed by atoms with van der Waals surface area (Å²) in [4.78, 5) is 71.6. The highest BCUT2D eigenvalue weighted by Crippen LogP contribution is 2.34. The van der Waals surface area contributed by atoms with Crippen molar-refractivity contribution in [3.8, 4) is 5.75 Å². The number of amides is 4. The van der Waals surface area contributed by atoms with Gasteiger partial charge in [0.15, 0.2) is 0 Å². The van der Waals surface area contributed by atoms with Crippen LogP contribution >= 0.6 is 11.8 Å². The number of carbonyl (C=O) groups is 5. The molecule has 19 heteroatoms. The maximum Gasteiger partial charge on any atom is 0.345 e. The van der Waals surface area contributed by atoms with Crippen molar-refractivity contribution >= 4 is 64.5 Å². The molecule has 3 N–H and O–H groups in total. The van der Waals surface area contributed by atoms with E-state index in [-0.39, 0.29) is 55.6 Å². The van der Waals surface area contributed by atoms with Crippen LogP contribution in [0.3, 0.4) is 0 Å². The minimum Gasteiger partial charge on any atom is -0.420 e. The van der Waals surface area contributed by atoms with Crippen molar-refractivity contribution in [2.75, 3.05) is 27.2 Å². The first kappa shape index (κ1) is 46.9. The van der Waals surface area contributed by atoms with Gasteiger partial charge in [0, 0.05) is 60.4 Å². The van der Waals surface area contributed by atoms with E-state index in [9.17, 15) is 45.9 Å². The molecule has 1 saturated carbocycles. The normalized spacial score (nSPS) is 14.9. The lowest BCUT2D eigenvalue weighted by molar-refractivity contribution is -0.135. The third kappa shape index (κ3) is 11.5. The zero-order valence-electron chi connectivity index (χ0n) is 34.8. The largest absolute Gasteiger partial charge is 0.420 e. The van der Waals surface area contributed by atoms with Crippen LogP contribution in [0.15, 0.2) is 76.7 Å². The predicted molar refractivity (Wildman–Crippen MR) is 228 cm³/mol. The molecule has 3 aromatic carbocycles. The number of pyridine rings is 1. The molecule has 0 radical (unpaired) electrons. The lowest BCUT2D eigenvalue weighted by Crippen LogP contribution is -2.46. The number of rotatable bonds is 16. The van der Waals surface area contributed by atoms with Crippen LogP contribution in [0.5, 0.6) is 5.75 Å². The van der Waals surface area contributed by atoms with Crippen molar-refractivity contribution in [3.63, 3.8) is 0 Å². The van der Waals surface area contributed by atoms with Gasteiger partial charge in [-0.1, -0.05) is 36.4 Å². The molecule has 0 aliphatic heterocycles. The van der Waals surface area contributed by atoms with Gasteiger partial charge >= 0.3 is 12.0 Å².